The van der Waals surface area contributed by atoms with Crippen LogP contribution in [0.4, 0.5) is 11.6 Å². The van der Waals surface area contributed by atoms with Crippen LogP contribution in [0.5, 0.6) is 0 Å². The zero-order valence-electron chi connectivity index (χ0n) is 16.3. The summed E-state index contributed by atoms with van der Waals surface area (Å²) >= 11 is 6.55. The Morgan fingerprint density at radius 3 is 2.76 bits per heavy atom. The normalized spacial score (nSPS) is 11.6. The maximum Gasteiger partial charge on any atom is 0.173 e. The van der Waals surface area contributed by atoms with E-state index in [0.717, 1.165) is 16.7 Å². The van der Waals surface area contributed by atoms with Crippen LogP contribution in [0.15, 0.2) is 36.8 Å². The topological polar surface area (TPSA) is 99.6 Å². The first-order valence-electron chi connectivity index (χ1n) is 9.00. The monoisotopic (exact) mass is 412 g/mol. The number of methoxy groups -OCH3 is 2. The van der Waals surface area contributed by atoms with Gasteiger partial charge in [0.05, 0.1) is 12.7 Å². The standard InChI is InChI=1S/C20H21ClN6O2/c1-11-5-4-6-13(21)17(11)12-7-14-20(26-19(12)24-9-16(28-2)29-3)27-10-23-8-15(27)18(22)25-14/h4-8,10,16H,9H2,1-3H3,(H2,22,25)(H,24,26). The van der Waals surface area contributed by atoms with Crippen molar-refractivity contribution < 1.29 is 9.47 Å². The first-order chi connectivity index (χ1) is 14.0. The van der Waals surface area contributed by atoms with Crippen molar-refractivity contribution in [1.82, 2.24) is 19.4 Å². The second-order valence-corrected chi connectivity index (χ2v) is 6.99. The number of hydrogen-bond acceptors (Lipinski definition) is 7. The molecule has 3 heterocycles. The number of ether oxygens (including phenoxy) is 2. The average Bonchev–Trinajstić information content (AvgIpc) is 3.20. The van der Waals surface area contributed by atoms with Crippen LogP contribution >= 0.6 is 11.6 Å². The molecule has 3 N–H and O–H groups in total. The molecule has 8 nitrogen and oxygen atoms in total. The van der Waals surface area contributed by atoms with Crippen LogP contribution in [-0.2, 0) is 9.47 Å². The van der Waals surface area contributed by atoms with Crippen molar-refractivity contribution in [2.24, 2.45) is 0 Å². The van der Waals surface area contributed by atoms with Crippen molar-refractivity contribution in [2.45, 2.75) is 13.2 Å². The second kappa shape index (κ2) is 7.82. The molecule has 3 aromatic heterocycles. The third-order valence-corrected chi connectivity index (χ3v) is 5.12. The minimum Gasteiger partial charge on any atom is -0.382 e. The molecule has 0 atom stereocenters. The Hall–Kier alpha value is -2.94. The Morgan fingerprint density at radius 2 is 2.03 bits per heavy atom. The molecule has 0 amide bonds. The molecule has 4 aromatic rings. The summed E-state index contributed by atoms with van der Waals surface area (Å²) in [5, 5.41) is 3.95. The molecule has 0 spiro atoms. The van der Waals surface area contributed by atoms with Crippen molar-refractivity contribution in [1.29, 1.82) is 0 Å². The lowest BCUT2D eigenvalue weighted by atomic mass is 10.0. The number of fused-ring (bicyclic) bond motifs is 3. The summed E-state index contributed by atoms with van der Waals surface area (Å²) in [6, 6.07) is 7.71. The Morgan fingerprint density at radius 1 is 1.24 bits per heavy atom. The quantitative estimate of drug-likeness (QED) is 0.467. The molecule has 0 radical (unpaired) electrons. The number of imidazole rings is 1. The number of aryl methyl sites for hydroxylation is 1. The van der Waals surface area contributed by atoms with Gasteiger partial charge in [0.1, 0.15) is 29.0 Å². The Bertz CT molecular complexity index is 1170. The fraction of sp³-hybridized carbons (Fsp3) is 0.250. The van der Waals surface area contributed by atoms with Crippen LogP contribution in [0.1, 0.15) is 5.56 Å². The maximum atomic E-state index is 6.55. The van der Waals surface area contributed by atoms with Gasteiger partial charge in [-0.3, -0.25) is 4.40 Å². The predicted molar refractivity (Wildman–Crippen MR) is 114 cm³/mol. The highest BCUT2D eigenvalue weighted by Gasteiger charge is 2.18. The maximum absolute atomic E-state index is 6.55. The highest BCUT2D eigenvalue weighted by molar-refractivity contribution is 6.33. The number of rotatable bonds is 6. The summed E-state index contributed by atoms with van der Waals surface area (Å²) in [5.74, 6) is 1.02. The number of aromatic nitrogens is 4. The van der Waals surface area contributed by atoms with Crippen LogP contribution in [0, 0.1) is 6.92 Å². The molecule has 150 valence electrons. The van der Waals surface area contributed by atoms with Crippen molar-refractivity contribution >= 4 is 39.9 Å². The van der Waals surface area contributed by atoms with Crippen LogP contribution in [0.25, 0.3) is 27.8 Å². The van der Waals surface area contributed by atoms with Gasteiger partial charge in [-0.1, -0.05) is 23.7 Å². The average molecular weight is 413 g/mol. The molecule has 1 aromatic carbocycles. The minimum atomic E-state index is -0.425. The SMILES string of the molecule is COC(CNc1nc2c(cc1-c1c(C)cccc1Cl)nc(N)c1cncn12)OC. The third kappa shape index (κ3) is 3.46. The number of benzene rings is 1. The number of nitrogens with one attached hydrogen (secondary N) is 1. The predicted octanol–water partition coefficient (Wildman–Crippen LogP) is 3.52. The largest absolute Gasteiger partial charge is 0.382 e. The number of nitrogens with two attached hydrogens (primary N) is 1. The molecule has 0 bridgehead atoms. The highest BCUT2D eigenvalue weighted by atomic mass is 35.5. The van der Waals surface area contributed by atoms with Crippen LogP contribution in [0.2, 0.25) is 5.02 Å². The lowest BCUT2D eigenvalue weighted by Crippen LogP contribution is -2.24. The molecule has 0 saturated heterocycles. The molecule has 29 heavy (non-hydrogen) atoms. The Balaban J connectivity index is 1.96. The summed E-state index contributed by atoms with van der Waals surface area (Å²) in [4.78, 5) is 13.5. The van der Waals surface area contributed by atoms with Crippen LogP contribution in [-0.4, -0.2) is 46.4 Å². The second-order valence-electron chi connectivity index (χ2n) is 6.59. The van der Waals surface area contributed by atoms with Crippen molar-refractivity contribution in [3.8, 4) is 11.1 Å². The molecule has 0 saturated carbocycles. The number of nitrogens with zero attached hydrogens (tertiary/aromatic N) is 4. The van der Waals surface area contributed by atoms with Gasteiger partial charge in [-0.15, -0.1) is 0 Å². The molecule has 0 aliphatic rings. The summed E-state index contributed by atoms with van der Waals surface area (Å²) in [5.41, 5.74) is 10.8. The van der Waals surface area contributed by atoms with Gasteiger partial charge in [-0.05, 0) is 24.6 Å². The number of hydrogen-bond donors (Lipinski definition) is 2. The van der Waals surface area contributed by atoms with E-state index in [1.54, 1.807) is 26.7 Å². The number of pyridine rings is 1. The van der Waals surface area contributed by atoms with E-state index < -0.39 is 6.29 Å². The van der Waals surface area contributed by atoms with Gasteiger partial charge in [-0.25, -0.2) is 15.0 Å². The molecule has 4 rings (SSSR count). The van der Waals surface area contributed by atoms with E-state index in [1.807, 2.05) is 35.6 Å². The fourth-order valence-electron chi connectivity index (χ4n) is 3.33. The molecule has 0 fully saturated rings. The molecule has 0 unspecified atom stereocenters. The summed E-state index contributed by atoms with van der Waals surface area (Å²) < 4.78 is 12.4. The van der Waals surface area contributed by atoms with Crippen LogP contribution < -0.4 is 11.1 Å². The summed E-state index contributed by atoms with van der Waals surface area (Å²) in [7, 11) is 3.18. The first kappa shape index (κ1) is 19.4. The van der Waals surface area contributed by atoms with Gasteiger partial charge in [-0.2, -0.15) is 0 Å². The van der Waals surface area contributed by atoms with Gasteiger partial charge in [0.25, 0.3) is 0 Å². The van der Waals surface area contributed by atoms with Crippen LogP contribution in [0.3, 0.4) is 0 Å². The molecule has 0 aliphatic carbocycles. The van der Waals surface area contributed by atoms with E-state index in [2.05, 4.69) is 15.3 Å². The Kier molecular flexibility index (Phi) is 5.23. The molecule has 0 aliphatic heterocycles. The van der Waals surface area contributed by atoms with Crippen molar-refractivity contribution in [3.05, 3.63) is 47.4 Å². The lowest BCUT2D eigenvalue weighted by Gasteiger charge is -2.19. The minimum absolute atomic E-state index is 0.387. The number of nitrogen functional groups attached to an aromatic ring is 1. The van der Waals surface area contributed by atoms with Gasteiger partial charge >= 0.3 is 0 Å². The first-order valence-corrected chi connectivity index (χ1v) is 9.38. The molecular formula is C20H21ClN6O2. The number of halogens is 1. The summed E-state index contributed by atoms with van der Waals surface area (Å²) in [6.07, 6.45) is 2.90. The fourth-order valence-corrected chi connectivity index (χ4v) is 3.66. The smallest absolute Gasteiger partial charge is 0.173 e. The van der Waals surface area contributed by atoms with Gasteiger partial charge < -0.3 is 20.5 Å². The zero-order chi connectivity index (χ0) is 20.5. The van der Waals surface area contributed by atoms with E-state index in [9.17, 15) is 0 Å². The summed E-state index contributed by atoms with van der Waals surface area (Å²) in [6.45, 7) is 2.40. The molecular weight excluding hydrogens is 392 g/mol. The lowest BCUT2D eigenvalue weighted by molar-refractivity contribution is -0.0914. The number of anilines is 2. The highest BCUT2D eigenvalue weighted by Crippen LogP contribution is 2.37. The van der Waals surface area contributed by atoms with E-state index in [0.29, 0.717) is 39.9 Å². The van der Waals surface area contributed by atoms with Gasteiger partial charge in [0, 0.05) is 30.4 Å². The Labute approximate surface area is 172 Å². The van der Waals surface area contributed by atoms with E-state index in [-0.39, 0.29) is 0 Å². The van der Waals surface area contributed by atoms with E-state index in [1.165, 1.54) is 0 Å². The van der Waals surface area contributed by atoms with Gasteiger partial charge in [0.2, 0.25) is 0 Å². The van der Waals surface area contributed by atoms with E-state index >= 15 is 0 Å². The van der Waals surface area contributed by atoms with Gasteiger partial charge in [0.15, 0.2) is 11.9 Å². The third-order valence-electron chi connectivity index (χ3n) is 4.81. The zero-order valence-corrected chi connectivity index (χ0v) is 17.1. The van der Waals surface area contributed by atoms with E-state index in [4.69, 9.17) is 31.8 Å². The van der Waals surface area contributed by atoms with Crippen molar-refractivity contribution in [2.75, 3.05) is 31.8 Å². The molecule has 9 heteroatoms. The van der Waals surface area contributed by atoms with Crippen molar-refractivity contribution in [3.63, 3.8) is 0 Å².